The standard InChI is InChI=1S/C19H28N2O3/c1-4-5-19(23)21-17-8-7-13(24-3)10-16(17)15-11-14(15)12(2)6-9-18(20)22/h7-8,10,12,14-15H,4-6,9,11H2,1-3H3,(H2,20,22)(H,21,23). The van der Waals surface area contributed by atoms with E-state index >= 15 is 0 Å². The molecule has 2 rings (SSSR count). The van der Waals surface area contributed by atoms with E-state index in [1.807, 2.05) is 25.1 Å². The summed E-state index contributed by atoms with van der Waals surface area (Å²) in [6, 6.07) is 5.82. The molecule has 1 fully saturated rings. The van der Waals surface area contributed by atoms with Gasteiger partial charge in [0.05, 0.1) is 7.11 Å². The first kappa shape index (κ1) is 18.3. The number of methoxy groups -OCH3 is 1. The van der Waals surface area contributed by atoms with E-state index in [0.29, 0.717) is 30.6 Å². The SMILES string of the molecule is CCCC(=O)Nc1ccc(OC)cc1C1CC1C(C)CCC(N)=O. The van der Waals surface area contributed by atoms with E-state index in [0.717, 1.165) is 36.3 Å². The zero-order valence-electron chi connectivity index (χ0n) is 14.8. The molecule has 1 aliphatic carbocycles. The highest BCUT2D eigenvalue weighted by Gasteiger charge is 2.43. The number of hydrogen-bond acceptors (Lipinski definition) is 3. The van der Waals surface area contributed by atoms with E-state index in [1.165, 1.54) is 0 Å². The highest BCUT2D eigenvalue weighted by molar-refractivity contribution is 5.91. The number of primary amides is 1. The molecule has 0 aromatic heterocycles. The van der Waals surface area contributed by atoms with Crippen molar-refractivity contribution in [2.75, 3.05) is 12.4 Å². The summed E-state index contributed by atoms with van der Waals surface area (Å²) < 4.78 is 5.34. The van der Waals surface area contributed by atoms with E-state index in [2.05, 4.69) is 12.2 Å². The lowest BCUT2D eigenvalue weighted by Gasteiger charge is -2.15. The van der Waals surface area contributed by atoms with Gasteiger partial charge in [0.2, 0.25) is 11.8 Å². The van der Waals surface area contributed by atoms with E-state index in [9.17, 15) is 9.59 Å². The van der Waals surface area contributed by atoms with Crippen molar-refractivity contribution < 1.29 is 14.3 Å². The minimum Gasteiger partial charge on any atom is -0.497 e. The van der Waals surface area contributed by atoms with Crippen LogP contribution in [0.2, 0.25) is 0 Å². The molecule has 2 amide bonds. The van der Waals surface area contributed by atoms with Crippen LogP contribution >= 0.6 is 0 Å². The smallest absolute Gasteiger partial charge is 0.224 e. The monoisotopic (exact) mass is 332 g/mol. The summed E-state index contributed by atoms with van der Waals surface area (Å²) in [6.07, 6.45) is 3.67. The Morgan fingerprint density at radius 3 is 2.75 bits per heavy atom. The Balaban J connectivity index is 2.10. The Kier molecular flexibility index (Phi) is 6.23. The molecule has 24 heavy (non-hydrogen) atoms. The van der Waals surface area contributed by atoms with Gasteiger partial charge in [-0.1, -0.05) is 13.8 Å². The summed E-state index contributed by atoms with van der Waals surface area (Å²) in [6.45, 7) is 4.16. The summed E-state index contributed by atoms with van der Waals surface area (Å²) in [5.41, 5.74) is 7.26. The molecule has 5 heteroatoms. The van der Waals surface area contributed by atoms with Gasteiger partial charge >= 0.3 is 0 Å². The van der Waals surface area contributed by atoms with Crippen LogP contribution in [-0.2, 0) is 9.59 Å². The molecule has 3 atom stereocenters. The van der Waals surface area contributed by atoms with Gasteiger partial charge in [0, 0.05) is 18.5 Å². The fourth-order valence-electron chi connectivity index (χ4n) is 3.31. The number of carbonyl (C=O) groups excluding carboxylic acids is 2. The van der Waals surface area contributed by atoms with Crippen LogP contribution in [0.1, 0.15) is 57.4 Å². The molecule has 1 aromatic carbocycles. The van der Waals surface area contributed by atoms with E-state index in [1.54, 1.807) is 7.11 Å². The van der Waals surface area contributed by atoms with Crippen LogP contribution in [0.3, 0.4) is 0 Å². The lowest BCUT2D eigenvalue weighted by molar-refractivity contribution is -0.118. The molecule has 1 aromatic rings. The van der Waals surface area contributed by atoms with Crippen molar-refractivity contribution in [3.05, 3.63) is 23.8 Å². The van der Waals surface area contributed by atoms with Gasteiger partial charge in [-0.3, -0.25) is 9.59 Å². The molecule has 0 bridgehead atoms. The molecule has 0 radical (unpaired) electrons. The maximum absolute atomic E-state index is 12.0. The fourth-order valence-corrected chi connectivity index (χ4v) is 3.31. The zero-order valence-corrected chi connectivity index (χ0v) is 14.8. The molecular weight excluding hydrogens is 304 g/mol. The predicted molar refractivity (Wildman–Crippen MR) is 95.0 cm³/mol. The first-order chi connectivity index (χ1) is 11.5. The number of carbonyl (C=O) groups is 2. The van der Waals surface area contributed by atoms with Crippen molar-refractivity contribution in [1.29, 1.82) is 0 Å². The molecule has 1 saturated carbocycles. The van der Waals surface area contributed by atoms with Crippen LogP contribution in [0.4, 0.5) is 5.69 Å². The first-order valence-electron chi connectivity index (χ1n) is 8.72. The van der Waals surface area contributed by atoms with Crippen LogP contribution in [0.5, 0.6) is 5.75 Å². The third-order valence-electron chi connectivity index (χ3n) is 4.83. The Hall–Kier alpha value is -2.04. The van der Waals surface area contributed by atoms with Crippen molar-refractivity contribution >= 4 is 17.5 Å². The average molecular weight is 332 g/mol. The molecular formula is C19H28N2O3. The average Bonchev–Trinajstić information content (AvgIpc) is 3.33. The van der Waals surface area contributed by atoms with Crippen LogP contribution in [-0.4, -0.2) is 18.9 Å². The third kappa shape index (κ3) is 4.73. The van der Waals surface area contributed by atoms with Crippen LogP contribution in [0, 0.1) is 11.8 Å². The number of benzene rings is 1. The molecule has 1 aliphatic rings. The molecule has 0 saturated heterocycles. The summed E-state index contributed by atoms with van der Waals surface area (Å²) in [4.78, 5) is 22.9. The minimum absolute atomic E-state index is 0.0443. The number of hydrogen-bond donors (Lipinski definition) is 2. The maximum Gasteiger partial charge on any atom is 0.224 e. The van der Waals surface area contributed by atoms with E-state index in [4.69, 9.17) is 10.5 Å². The molecule has 132 valence electrons. The van der Waals surface area contributed by atoms with Crippen LogP contribution in [0.15, 0.2) is 18.2 Å². The van der Waals surface area contributed by atoms with Crippen molar-refractivity contribution in [2.45, 2.75) is 51.9 Å². The third-order valence-corrected chi connectivity index (χ3v) is 4.83. The van der Waals surface area contributed by atoms with Gasteiger partial charge in [-0.05, 0) is 60.8 Å². The lowest BCUT2D eigenvalue weighted by Crippen LogP contribution is -2.13. The van der Waals surface area contributed by atoms with Crippen LogP contribution < -0.4 is 15.8 Å². The van der Waals surface area contributed by atoms with Crippen molar-refractivity contribution in [3.63, 3.8) is 0 Å². The maximum atomic E-state index is 12.0. The highest BCUT2D eigenvalue weighted by Crippen LogP contribution is 2.55. The predicted octanol–water partition coefficient (Wildman–Crippen LogP) is 3.44. The summed E-state index contributed by atoms with van der Waals surface area (Å²) in [7, 11) is 1.65. The summed E-state index contributed by atoms with van der Waals surface area (Å²) >= 11 is 0. The second kappa shape index (κ2) is 8.18. The second-order valence-electron chi connectivity index (χ2n) is 6.74. The Morgan fingerprint density at radius 2 is 2.12 bits per heavy atom. The van der Waals surface area contributed by atoms with Gasteiger partial charge < -0.3 is 15.8 Å². The fraction of sp³-hybridized carbons (Fsp3) is 0.579. The highest BCUT2D eigenvalue weighted by atomic mass is 16.5. The summed E-state index contributed by atoms with van der Waals surface area (Å²) in [5.74, 6) is 1.97. The van der Waals surface area contributed by atoms with Gasteiger partial charge in [0.25, 0.3) is 0 Å². The van der Waals surface area contributed by atoms with Gasteiger partial charge in [-0.2, -0.15) is 0 Å². The second-order valence-corrected chi connectivity index (χ2v) is 6.74. The summed E-state index contributed by atoms with van der Waals surface area (Å²) in [5, 5.41) is 3.03. The van der Waals surface area contributed by atoms with Crippen molar-refractivity contribution in [1.82, 2.24) is 0 Å². The van der Waals surface area contributed by atoms with E-state index < -0.39 is 0 Å². The molecule has 0 spiro atoms. The molecule has 3 N–H and O–H groups in total. The number of anilines is 1. The van der Waals surface area contributed by atoms with Gasteiger partial charge in [-0.25, -0.2) is 0 Å². The molecule has 5 nitrogen and oxygen atoms in total. The quantitative estimate of drug-likeness (QED) is 0.727. The van der Waals surface area contributed by atoms with Crippen molar-refractivity contribution in [2.24, 2.45) is 17.6 Å². The number of amides is 2. The number of nitrogens with two attached hydrogens (primary N) is 1. The molecule has 3 unspecified atom stereocenters. The van der Waals surface area contributed by atoms with Gasteiger partial charge in [-0.15, -0.1) is 0 Å². The zero-order chi connectivity index (χ0) is 17.7. The lowest BCUT2D eigenvalue weighted by atomic mass is 9.95. The largest absolute Gasteiger partial charge is 0.497 e. The minimum atomic E-state index is -0.243. The number of ether oxygens (including phenoxy) is 1. The van der Waals surface area contributed by atoms with Gasteiger partial charge in [0.1, 0.15) is 5.75 Å². The first-order valence-corrected chi connectivity index (χ1v) is 8.72. The molecule has 0 aliphatic heterocycles. The van der Waals surface area contributed by atoms with E-state index in [-0.39, 0.29) is 11.8 Å². The van der Waals surface area contributed by atoms with Gasteiger partial charge in [0.15, 0.2) is 0 Å². The topological polar surface area (TPSA) is 81.4 Å². The Morgan fingerprint density at radius 1 is 1.38 bits per heavy atom. The Labute approximate surface area is 143 Å². The molecule has 0 heterocycles. The van der Waals surface area contributed by atoms with Crippen molar-refractivity contribution in [3.8, 4) is 5.75 Å². The number of nitrogens with one attached hydrogen (secondary N) is 1. The number of rotatable bonds is 9. The normalized spacial score (nSPS) is 20.3. The van der Waals surface area contributed by atoms with Crippen LogP contribution in [0.25, 0.3) is 0 Å². The Bertz CT molecular complexity index is 600.